The van der Waals surface area contributed by atoms with Gasteiger partial charge in [0.25, 0.3) is 0 Å². The van der Waals surface area contributed by atoms with E-state index < -0.39 is 12.0 Å². The molecule has 1 fully saturated rings. The minimum atomic E-state index is -1.05. The second-order valence-electron chi connectivity index (χ2n) is 3.81. The smallest absolute Gasteiger partial charge is 0.320 e. The van der Waals surface area contributed by atoms with Gasteiger partial charge in [0.15, 0.2) is 0 Å². The topological polar surface area (TPSA) is 92.9 Å². The van der Waals surface area contributed by atoms with Crippen LogP contribution in [0.4, 0.5) is 0 Å². The number of aliphatic carboxylic acids is 1. The number of carbonyl (C=O) groups excluding carboxylic acids is 1. The third-order valence-electron chi connectivity index (χ3n) is 2.44. The fraction of sp³-hybridized carbons (Fsp3) is 0.800. The predicted octanol–water partition coefficient (Wildman–Crippen LogP) is 0.0286. The van der Waals surface area contributed by atoms with E-state index in [2.05, 4.69) is 0 Å². The van der Waals surface area contributed by atoms with Crippen molar-refractivity contribution in [3.8, 4) is 0 Å². The highest BCUT2D eigenvalue weighted by Gasteiger charge is 2.16. The van der Waals surface area contributed by atoms with E-state index in [0.717, 1.165) is 24.6 Å². The molecule has 1 atom stereocenters. The summed E-state index contributed by atoms with van der Waals surface area (Å²) in [5.41, 5.74) is 5.32. The minimum Gasteiger partial charge on any atom is -0.480 e. The molecular weight excluding hydrogens is 276 g/mol. The van der Waals surface area contributed by atoms with Gasteiger partial charge >= 0.3 is 5.97 Å². The number of amides is 1. The summed E-state index contributed by atoms with van der Waals surface area (Å²) in [5.74, 6) is 0.772. The Morgan fingerprint density at radius 2 is 1.94 bits per heavy atom. The molecule has 0 radical (unpaired) electrons. The number of hydrogen-bond acceptors (Lipinski definition) is 6. The molecule has 8 heteroatoms. The van der Waals surface area contributed by atoms with Gasteiger partial charge in [0.2, 0.25) is 5.91 Å². The van der Waals surface area contributed by atoms with Crippen molar-refractivity contribution in [2.24, 2.45) is 5.73 Å². The first-order valence-corrected chi connectivity index (χ1v) is 8.18. The molecule has 1 aliphatic heterocycles. The number of ether oxygens (including phenoxy) is 1. The van der Waals surface area contributed by atoms with Gasteiger partial charge < -0.3 is 20.5 Å². The van der Waals surface area contributed by atoms with Crippen LogP contribution >= 0.6 is 21.6 Å². The van der Waals surface area contributed by atoms with Crippen molar-refractivity contribution in [3.63, 3.8) is 0 Å². The first-order chi connectivity index (χ1) is 8.61. The number of carbonyl (C=O) groups is 2. The summed E-state index contributed by atoms with van der Waals surface area (Å²) in [5, 5.41) is 8.57. The van der Waals surface area contributed by atoms with Crippen LogP contribution < -0.4 is 5.73 Å². The van der Waals surface area contributed by atoms with Crippen LogP contribution in [0.15, 0.2) is 0 Å². The molecule has 0 spiro atoms. The van der Waals surface area contributed by atoms with Crippen LogP contribution in [0.5, 0.6) is 0 Å². The number of carboxylic acids is 1. The Balaban J connectivity index is 2.14. The van der Waals surface area contributed by atoms with Crippen molar-refractivity contribution in [1.29, 1.82) is 0 Å². The molecule has 1 amide bonds. The first-order valence-electron chi connectivity index (χ1n) is 5.69. The van der Waals surface area contributed by atoms with Gasteiger partial charge in [0.1, 0.15) is 12.6 Å². The van der Waals surface area contributed by atoms with Gasteiger partial charge in [-0.15, -0.1) is 0 Å². The molecule has 1 saturated heterocycles. The van der Waals surface area contributed by atoms with E-state index in [1.54, 1.807) is 26.5 Å². The zero-order valence-corrected chi connectivity index (χ0v) is 11.7. The van der Waals surface area contributed by atoms with E-state index in [4.69, 9.17) is 15.6 Å². The molecule has 0 saturated carbocycles. The Morgan fingerprint density at radius 3 is 2.50 bits per heavy atom. The predicted molar refractivity (Wildman–Crippen MR) is 72.5 cm³/mol. The first kappa shape index (κ1) is 15.6. The Kier molecular flexibility index (Phi) is 7.48. The van der Waals surface area contributed by atoms with E-state index in [9.17, 15) is 9.59 Å². The maximum absolute atomic E-state index is 11.8. The van der Waals surface area contributed by atoms with Gasteiger partial charge in [-0.3, -0.25) is 9.59 Å². The fourth-order valence-corrected chi connectivity index (χ4v) is 3.34. The second kappa shape index (κ2) is 8.63. The minimum absolute atomic E-state index is 0.00166. The molecule has 0 aromatic heterocycles. The number of rotatable bonds is 6. The van der Waals surface area contributed by atoms with E-state index in [0.29, 0.717) is 0 Å². The summed E-state index contributed by atoms with van der Waals surface area (Å²) in [7, 11) is 3.55. The summed E-state index contributed by atoms with van der Waals surface area (Å²) >= 11 is 0. The number of carboxylic acid groups (broad SMARTS) is 1. The maximum atomic E-state index is 11.8. The molecule has 0 bridgehead atoms. The van der Waals surface area contributed by atoms with Crippen molar-refractivity contribution in [3.05, 3.63) is 0 Å². The molecule has 104 valence electrons. The van der Waals surface area contributed by atoms with Crippen LogP contribution in [0, 0.1) is 0 Å². The Hall–Kier alpha value is -0.440. The monoisotopic (exact) mass is 294 g/mol. The van der Waals surface area contributed by atoms with E-state index in [-0.39, 0.29) is 25.5 Å². The Bertz CT molecular complexity index is 283. The normalized spacial score (nSPS) is 18.2. The van der Waals surface area contributed by atoms with Crippen molar-refractivity contribution in [2.45, 2.75) is 12.5 Å². The van der Waals surface area contributed by atoms with Crippen LogP contribution in [0.1, 0.15) is 6.42 Å². The number of hydrogen-bond donors (Lipinski definition) is 2. The quantitative estimate of drug-likeness (QED) is 0.527. The molecule has 18 heavy (non-hydrogen) atoms. The Morgan fingerprint density at radius 1 is 1.33 bits per heavy atom. The lowest BCUT2D eigenvalue weighted by Crippen LogP contribution is -2.37. The van der Waals surface area contributed by atoms with Crippen molar-refractivity contribution >= 4 is 33.5 Å². The van der Waals surface area contributed by atoms with E-state index in [1.807, 2.05) is 0 Å². The maximum Gasteiger partial charge on any atom is 0.320 e. The van der Waals surface area contributed by atoms with Gasteiger partial charge in [-0.1, -0.05) is 21.6 Å². The van der Waals surface area contributed by atoms with Gasteiger partial charge in [-0.05, 0) is 6.42 Å². The largest absolute Gasteiger partial charge is 0.480 e. The van der Waals surface area contributed by atoms with Gasteiger partial charge in [0.05, 0.1) is 0 Å². The van der Waals surface area contributed by atoms with Crippen LogP contribution in [0.3, 0.4) is 0 Å². The molecule has 0 aromatic carbocycles. The van der Waals surface area contributed by atoms with Crippen LogP contribution in [0.2, 0.25) is 0 Å². The van der Waals surface area contributed by atoms with E-state index in [1.165, 1.54) is 0 Å². The third kappa shape index (κ3) is 5.94. The average molecular weight is 294 g/mol. The molecule has 1 rings (SSSR count). The number of nitrogens with zero attached hydrogens (tertiary/aromatic N) is 1. The van der Waals surface area contributed by atoms with Crippen molar-refractivity contribution in [1.82, 2.24) is 4.90 Å². The van der Waals surface area contributed by atoms with Crippen LogP contribution in [0.25, 0.3) is 0 Å². The summed E-state index contributed by atoms with van der Waals surface area (Å²) in [6.07, 6.45) is 0.217. The summed E-state index contributed by atoms with van der Waals surface area (Å²) in [6.45, 7) is 1.68. The molecule has 1 aliphatic rings. The average Bonchev–Trinajstić information content (AvgIpc) is 2.62. The summed E-state index contributed by atoms with van der Waals surface area (Å²) in [6, 6.07) is -0.925. The molecular formula is C10H18N2O4S2. The highest BCUT2D eigenvalue weighted by molar-refractivity contribution is 8.76. The fourth-order valence-electron chi connectivity index (χ4n) is 1.36. The lowest BCUT2D eigenvalue weighted by Gasteiger charge is -2.19. The molecule has 3 N–H and O–H groups in total. The molecule has 0 aliphatic carbocycles. The molecule has 6 nitrogen and oxygen atoms in total. The van der Waals surface area contributed by atoms with Gasteiger partial charge in [-0.25, -0.2) is 0 Å². The number of nitrogens with two attached hydrogens (primary N) is 1. The molecule has 1 heterocycles. The summed E-state index contributed by atoms with van der Waals surface area (Å²) < 4.78 is 5.16. The Labute approximate surface area is 114 Å². The second-order valence-corrected chi connectivity index (χ2v) is 6.51. The third-order valence-corrected chi connectivity index (χ3v) is 4.81. The lowest BCUT2D eigenvalue weighted by molar-refractivity contribution is -0.139. The van der Waals surface area contributed by atoms with E-state index >= 15 is 0 Å². The summed E-state index contributed by atoms with van der Waals surface area (Å²) in [4.78, 5) is 24.0. The van der Waals surface area contributed by atoms with Crippen molar-refractivity contribution in [2.75, 3.05) is 37.8 Å². The zero-order valence-electron chi connectivity index (χ0n) is 10.0. The van der Waals surface area contributed by atoms with Crippen LogP contribution in [-0.2, 0) is 14.3 Å². The highest BCUT2D eigenvalue weighted by atomic mass is 33.1. The zero-order chi connectivity index (χ0) is 13.4. The molecule has 0 aromatic rings. The van der Waals surface area contributed by atoms with Crippen LogP contribution in [-0.4, -0.2) is 65.7 Å². The van der Waals surface area contributed by atoms with Gasteiger partial charge in [0, 0.05) is 31.2 Å². The molecule has 0 unspecified atom stereocenters. The van der Waals surface area contributed by atoms with Crippen molar-refractivity contribution < 1.29 is 19.4 Å². The highest BCUT2D eigenvalue weighted by Crippen LogP contribution is 2.23. The SMILES string of the molecule is N[C@@H](CCOCC(=O)N1CCSSCC1)C(=O)O. The van der Waals surface area contributed by atoms with Gasteiger partial charge in [-0.2, -0.15) is 0 Å². The lowest BCUT2D eigenvalue weighted by atomic mass is 10.2. The standard InChI is InChI=1S/C10H18N2O4S2/c11-8(10(14)15)1-4-16-7-9(13)12-2-5-17-18-6-3-12/h8H,1-7,11H2,(H,14,15)/t8-/m0/s1.